The number of anilines is 1. The van der Waals surface area contributed by atoms with Crippen LogP contribution < -0.4 is 14.8 Å². The zero-order chi connectivity index (χ0) is 11.0. The molecule has 0 saturated carbocycles. The summed E-state index contributed by atoms with van der Waals surface area (Å²) in [6.45, 7) is 0.286. The molecule has 0 bridgehead atoms. The summed E-state index contributed by atoms with van der Waals surface area (Å²) in [7, 11) is 0. The molecule has 2 aliphatic heterocycles. The number of benzene rings is 1. The highest BCUT2D eigenvalue weighted by Gasteiger charge is 2.20. The second kappa shape index (κ2) is 4.26. The van der Waals surface area contributed by atoms with Crippen molar-refractivity contribution in [3.63, 3.8) is 0 Å². The molecule has 0 amide bonds. The second-order valence-electron chi connectivity index (χ2n) is 3.89. The Morgan fingerprint density at radius 3 is 2.88 bits per heavy atom. The van der Waals surface area contributed by atoms with Gasteiger partial charge in [0.05, 0.1) is 10.7 Å². The molecule has 1 aromatic rings. The summed E-state index contributed by atoms with van der Waals surface area (Å²) >= 11 is 8.15. The van der Waals surface area contributed by atoms with Crippen LogP contribution in [0.1, 0.15) is 6.42 Å². The predicted molar refractivity (Wildman–Crippen MR) is 66.9 cm³/mol. The maximum Gasteiger partial charge on any atom is 0.231 e. The number of rotatable bonds is 2. The lowest BCUT2D eigenvalue weighted by Gasteiger charge is -2.14. The molecule has 1 saturated heterocycles. The van der Waals surface area contributed by atoms with E-state index >= 15 is 0 Å². The van der Waals surface area contributed by atoms with Crippen LogP contribution >= 0.6 is 23.4 Å². The van der Waals surface area contributed by atoms with E-state index in [1.807, 2.05) is 23.9 Å². The Balaban J connectivity index is 1.83. The first-order chi connectivity index (χ1) is 7.83. The fourth-order valence-corrected chi connectivity index (χ4v) is 3.26. The number of nitrogens with one attached hydrogen (secondary N) is 1. The largest absolute Gasteiger partial charge is 0.454 e. The molecule has 86 valence electrons. The number of thioether (sulfide) groups is 1. The molecule has 1 aromatic carbocycles. The highest BCUT2D eigenvalue weighted by molar-refractivity contribution is 7.99. The first kappa shape index (κ1) is 10.4. The van der Waals surface area contributed by atoms with Gasteiger partial charge in [-0.2, -0.15) is 11.8 Å². The van der Waals surface area contributed by atoms with Gasteiger partial charge >= 0.3 is 0 Å². The molecule has 5 heteroatoms. The Kier molecular flexibility index (Phi) is 2.77. The first-order valence-electron chi connectivity index (χ1n) is 5.26. The number of fused-ring (bicyclic) bond motifs is 1. The molecular formula is C11H12ClNO2S. The van der Waals surface area contributed by atoms with Crippen molar-refractivity contribution < 1.29 is 9.47 Å². The van der Waals surface area contributed by atoms with Crippen LogP contribution in [0.25, 0.3) is 0 Å². The fourth-order valence-electron chi connectivity index (χ4n) is 1.90. The third-order valence-electron chi connectivity index (χ3n) is 2.75. The van der Waals surface area contributed by atoms with E-state index in [2.05, 4.69) is 5.32 Å². The Morgan fingerprint density at radius 1 is 1.31 bits per heavy atom. The maximum absolute atomic E-state index is 6.18. The van der Waals surface area contributed by atoms with Gasteiger partial charge in [0.2, 0.25) is 6.79 Å². The summed E-state index contributed by atoms with van der Waals surface area (Å²) in [4.78, 5) is 0. The van der Waals surface area contributed by atoms with E-state index in [9.17, 15) is 0 Å². The van der Waals surface area contributed by atoms with Crippen LogP contribution in [-0.2, 0) is 0 Å². The van der Waals surface area contributed by atoms with Gasteiger partial charge in [-0.3, -0.25) is 0 Å². The third-order valence-corrected chi connectivity index (χ3v) is 4.23. The van der Waals surface area contributed by atoms with Gasteiger partial charge in [-0.1, -0.05) is 11.6 Å². The maximum atomic E-state index is 6.18. The Labute approximate surface area is 103 Å². The smallest absolute Gasteiger partial charge is 0.231 e. The van der Waals surface area contributed by atoms with Gasteiger partial charge in [-0.25, -0.2) is 0 Å². The van der Waals surface area contributed by atoms with Gasteiger partial charge in [-0.05, 0) is 12.2 Å². The van der Waals surface area contributed by atoms with Crippen LogP contribution in [0, 0.1) is 0 Å². The molecule has 2 aliphatic rings. The van der Waals surface area contributed by atoms with Crippen LogP contribution in [0.4, 0.5) is 5.69 Å². The monoisotopic (exact) mass is 257 g/mol. The quantitative estimate of drug-likeness (QED) is 0.882. The minimum Gasteiger partial charge on any atom is -0.454 e. The fraction of sp³-hybridized carbons (Fsp3) is 0.455. The number of halogens is 1. The van der Waals surface area contributed by atoms with Crippen LogP contribution in [0.15, 0.2) is 12.1 Å². The molecule has 1 unspecified atom stereocenters. The van der Waals surface area contributed by atoms with Crippen LogP contribution in [0.2, 0.25) is 5.02 Å². The number of hydrogen-bond donors (Lipinski definition) is 1. The van der Waals surface area contributed by atoms with Crippen LogP contribution in [0.5, 0.6) is 11.5 Å². The lowest BCUT2D eigenvalue weighted by molar-refractivity contribution is 0.174. The molecule has 0 spiro atoms. The number of ether oxygens (including phenoxy) is 2. The highest BCUT2D eigenvalue weighted by Crippen LogP contribution is 2.39. The molecule has 0 aliphatic carbocycles. The minimum absolute atomic E-state index is 0.286. The zero-order valence-corrected chi connectivity index (χ0v) is 10.2. The Hall–Kier alpha value is -0.740. The Bertz CT molecular complexity index is 407. The lowest BCUT2D eigenvalue weighted by atomic mass is 10.2. The molecule has 2 heterocycles. The van der Waals surface area contributed by atoms with Crippen LogP contribution in [-0.4, -0.2) is 24.3 Å². The van der Waals surface area contributed by atoms with Gasteiger partial charge in [0, 0.05) is 23.9 Å². The van der Waals surface area contributed by atoms with Crippen molar-refractivity contribution in [3.05, 3.63) is 17.2 Å². The van der Waals surface area contributed by atoms with Crippen LogP contribution in [0.3, 0.4) is 0 Å². The molecule has 1 N–H and O–H groups in total. The number of hydrogen-bond acceptors (Lipinski definition) is 4. The summed E-state index contributed by atoms with van der Waals surface area (Å²) < 4.78 is 10.6. The zero-order valence-electron chi connectivity index (χ0n) is 8.66. The lowest BCUT2D eigenvalue weighted by Crippen LogP contribution is -2.18. The van der Waals surface area contributed by atoms with Crippen molar-refractivity contribution in [3.8, 4) is 11.5 Å². The second-order valence-corrected chi connectivity index (χ2v) is 5.45. The topological polar surface area (TPSA) is 30.5 Å². The summed E-state index contributed by atoms with van der Waals surface area (Å²) in [6.07, 6.45) is 1.19. The molecule has 16 heavy (non-hydrogen) atoms. The van der Waals surface area contributed by atoms with Crippen molar-refractivity contribution in [1.29, 1.82) is 0 Å². The standard InChI is InChI=1S/C11H12ClNO2S/c12-8-3-10-11(15-6-14-10)4-9(8)13-7-1-2-16-5-7/h3-4,7,13H,1-2,5-6H2. The van der Waals surface area contributed by atoms with E-state index in [0.717, 1.165) is 22.9 Å². The van der Waals surface area contributed by atoms with E-state index in [-0.39, 0.29) is 6.79 Å². The van der Waals surface area contributed by atoms with Gasteiger partial charge in [0.15, 0.2) is 11.5 Å². The third kappa shape index (κ3) is 1.92. The van der Waals surface area contributed by atoms with Gasteiger partial charge in [-0.15, -0.1) is 0 Å². The SMILES string of the molecule is Clc1cc2c(cc1NC1CCSC1)OCO2. The highest BCUT2D eigenvalue weighted by atomic mass is 35.5. The summed E-state index contributed by atoms with van der Waals surface area (Å²) in [5.41, 5.74) is 0.943. The van der Waals surface area contributed by atoms with E-state index in [1.54, 1.807) is 0 Å². The molecule has 1 fully saturated rings. The normalized spacial score (nSPS) is 22.4. The first-order valence-corrected chi connectivity index (χ1v) is 6.79. The molecule has 1 atom stereocenters. The average molecular weight is 258 g/mol. The summed E-state index contributed by atoms with van der Waals surface area (Å²) in [5.74, 6) is 3.87. The molecule has 0 aromatic heterocycles. The molecule has 3 nitrogen and oxygen atoms in total. The molecule has 0 radical (unpaired) electrons. The van der Waals surface area contributed by atoms with Crippen molar-refractivity contribution in [2.24, 2.45) is 0 Å². The van der Waals surface area contributed by atoms with Gasteiger partial charge in [0.25, 0.3) is 0 Å². The summed E-state index contributed by atoms with van der Waals surface area (Å²) in [6, 6.07) is 4.25. The predicted octanol–water partition coefficient (Wildman–Crippen LogP) is 2.99. The van der Waals surface area contributed by atoms with E-state index < -0.39 is 0 Å². The summed E-state index contributed by atoms with van der Waals surface area (Å²) in [5, 5.41) is 4.15. The van der Waals surface area contributed by atoms with Crippen molar-refractivity contribution in [2.45, 2.75) is 12.5 Å². The van der Waals surface area contributed by atoms with Crippen molar-refractivity contribution in [2.75, 3.05) is 23.6 Å². The van der Waals surface area contributed by atoms with E-state index in [0.29, 0.717) is 11.1 Å². The van der Waals surface area contributed by atoms with Gasteiger partial charge < -0.3 is 14.8 Å². The van der Waals surface area contributed by atoms with Crippen molar-refractivity contribution >= 4 is 29.1 Å². The minimum atomic E-state index is 0.286. The molecule has 3 rings (SSSR count). The molecular weight excluding hydrogens is 246 g/mol. The van der Waals surface area contributed by atoms with Gasteiger partial charge in [0.1, 0.15) is 0 Å². The van der Waals surface area contributed by atoms with Crippen molar-refractivity contribution in [1.82, 2.24) is 0 Å². The Morgan fingerprint density at radius 2 is 2.12 bits per heavy atom. The van der Waals surface area contributed by atoms with E-state index in [1.165, 1.54) is 12.2 Å². The average Bonchev–Trinajstić information content (AvgIpc) is 2.89. The van der Waals surface area contributed by atoms with E-state index in [4.69, 9.17) is 21.1 Å².